The minimum Gasteiger partial charge on any atom is -0.489 e. The second-order valence-electron chi connectivity index (χ2n) is 5.84. The summed E-state index contributed by atoms with van der Waals surface area (Å²) in [6.07, 6.45) is 1.50. The third-order valence-corrected chi connectivity index (χ3v) is 3.73. The fourth-order valence-corrected chi connectivity index (χ4v) is 2.46. The van der Waals surface area contributed by atoms with Gasteiger partial charge in [-0.1, -0.05) is 26.0 Å². The smallest absolute Gasteiger partial charge is 0.120 e. The summed E-state index contributed by atoms with van der Waals surface area (Å²) in [6.45, 7) is 11.2. The van der Waals surface area contributed by atoms with Crippen molar-refractivity contribution in [1.29, 1.82) is 0 Å². The van der Waals surface area contributed by atoms with E-state index < -0.39 is 0 Å². The van der Waals surface area contributed by atoms with Gasteiger partial charge in [0.2, 0.25) is 0 Å². The second-order valence-corrected chi connectivity index (χ2v) is 5.84. The first-order chi connectivity index (χ1) is 8.56. The van der Waals surface area contributed by atoms with Gasteiger partial charge >= 0.3 is 0 Å². The molecule has 0 bridgehead atoms. The van der Waals surface area contributed by atoms with E-state index in [2.05, 4.69) is 56.9 Å². The van der Waals surface area contributed by atoms with Crippen LogP contribution in [0, 0.1) is 0 Å². The molecule has 0 spiro atoms. The Morgan fingerprint density at radius 1 is 1.22 bits per heavy atom. The zero-order valence-corrected chi connectivity index (χ0v) is 12.0. The molecule has 1 aliphatic heterocycles. The quantitative estimate of drug-likeness (QED) is 0.805. The molecule has 0 radical (unpaired) electrons. The fraction of sp³-hybridized carbons (Fsp3) is 0.625. The van der Waals surface area contributed by atoms with E-state index >= 15 is 0 Å². The van der Waals surface area contributed by atoms with Crippen molar-refractivity contribution in [1.82, 2.24) is 4.90 Å². The predicted molar refractivity (Wildman–Crippen MR) is 76.3 cm³/mol. The van der Waals surface area contributed by atoms with E-state index in [4.69, 9.17) is 4.74 Å². The van der Waals surface area contributed by atoms with Crippen LogP contribution in [-0.2, 0) is 0 Å². The molecule has 1 aliphatic rings. The average molecular weight is 247 g/mol. The summed E-state index contributed by atoms with van der Waals surface area (Å²) in [7, 11) is 0. The van der Waals surface area contributed by atoms with Crippen LogP contribution < -0.4 is 4.74 Å². The maximum absolute atomic E-state index is 6.10. The Hall–Kier alpha value is -1.02. The molecule has 1 unspecified atom stereocenters. The van der Waals surface area contributed by atoms with E-state index in [1.165, 1.54) is 5.56 Å². The molecule has 0 amide bonds. The van der Waals surface area contributed by atoms with E-state index in [1.54, 1.807) is 0 Å². The lowest BCUT2D eigenvalue weighted by Crippen LogP contribution is -2.30. The molecule has 1 aromatic rings. The van der Waals surface area contributed by atoms with E-state index in [0.717, 1.165) is 25.3 Å². The Morgan fingerprint density at radius 2 is 2.00 bits per heavy atom. The molecule has 0 aliphatic carbocycles. The lowest BCUT2D eigenvalue weighted by Gasteiger charge is -2.20. The highest BCUT2D eigenvalue weighted by Crippen LogP contribution is 2.23. The third-order valence-electron chi connectivity index (χ3n) is 3.73. The Balaban J connectivity index is 1.96. The third kappa shape index (κ3) is 3.26. The van der Waals surface area contributed by atoms with Gasteiger partial charge in [-0.3, -0.25) is 4.90 Å². The zero-order valence-electron chi connectivity index (χ0n) is 12.0. The Kier molecular flexibility index (Phi) is 4.28. The van der Waals surface area contributed by atoms with Crippen LogP contribution >= 0.6 is 0 Å². The molecule has 1 aromatic carbocycles. The second kappa shape index (κ2) is 5.75. The molecular weight excluding hydrogens is 222 g/mol. The van der Waals surface area contributed by atoms with E-state index in [9.17, 15) is 0 Å². The molecule has 0 N–H and O–H groups in total. The van der Waals surface area contributed by atoms with Crippen molar-refractivity contribution in [2.45, 2.75) is 52.2 Å². The van der Waals surface area contributed by atoms with Crippen LogP contribution in [0.1, 0.15) is 45.6 Å². The summed E-state index contributed by atoms with van der Waals surface area (Å²) in [5, 5.41) is 0. The number of rotatable bonds is 4. The van der Waals surface area contributed by atoms with Crippen molar-refractivity contribution in [3.63, 3.8) is 0 Å². The molecule has 1 saturated heterocycles. The molecule has 0 saturated carbocycles. The summed E-state index contributed by atoms with van der Waals surface area (Å²) in [6, 6.07) is 9.15. The molecule has 1 heterocycles. The average Bonchev–Trinajstić information content (AvgIpc) is 2.78. The Labute approximate surface area is 111 Å². The minimum absolute atomic E-state index is 0.356. The fourth-order valence-electron chi connectivity index (χ4n) is 2.46. The van der Waals surface area contributed by atoms with Gasteiger partial charge in [-0.2, -0.15) is 0 Å². The summed E-state index contributed by atoms with van der Waals surface area (Å²) < 4.78 is 6.10. The molecule has 100 valence electrons. The van der Waals surface area contributed by atoms with E-state index in [0.29, 0.717) is 18.1 Å². The van der Waals surface area contributed by atoms with Crippen LogP contribution in [0.5, 0.6) is 5.75 Å². The minimum atomic E-state index is 0.356. The lowest BCUT2D eigenvalue weighted by molar-refractivity contribution is 0.187. The summed E-state index contributed by atoms with van der Waals surface area (Å²) >= 11 is 0. The van der Waals surface area contributed by atoms with Crippen LogP contribution in [0.3, 0.4) is 0 Å². The van der Waals surface area contributed by atoms with Crippen LogP contribution in [0.4, 0.5) is 0 Å². The first-order valence-corrected chi connectivity index (χ1v) is 7.07. The van der Waals surface area contributed by atoms with E-state index in [1.807, 2.05) is 0 Å². The van der Waals surface area contributed by atoms with Gasteiger partial charge in [-0.15, -0.1) is 0 Å². The molecule has 1 fully saturated rings. The Morgan fingerprint density at radius 3 is 2.61 bits per heavy atom. The topological polar surface area (TPSA) is 12.5 Å². The largest absolute Gasteiger partial charge is 0.489 e. The normalized spacial score (nSPS) is 20.9. The number of ether oxygens (including phenoxy) is 1. The van der Waals surface area contributed by atoms with Crippen molar-refractivity contribution in [2.75, 3.05) is 13.1 Å². The first kappa shape index (κ1) is 13.4. The molecule has 18 heavy (non-hydrogen) atoms. The standard InChI is InChI=1S/C16H25NO/c1-12(2)14-6-5-7-15(10-14)18-16-8-9-17(11-16)13(3)4/h5-7,10,12-13,16H,8-9,11H2,1-4H3. The highest BCUT2D eigenvalue weighted by atomic mass is 16.5. The maximum atomic E-state index is 6.10. The van der Waals surface area contributed by atoms with Gasteiger partial charge in [0.1, 0.15) is 11.9 Å². The molecule has 2 heteroatoms. The van der Waals surface area contributed by atoms with Gasteiger partial charge in [0.05, 0.1) is 0 Å². The lowest BCUT2D eigenvalue weighted by atomic mass is 10.0. The molecule has 2 rings (SSSR count). The first-order valence-electron chi connectivity index (χ1n) is 7.07. The van der Waals surface area contributed by atoms with Gasteiger partial charge < -0.3 is 4.74 Å². The predicted octanol–water partition coefficient (Wildman–Crippen LogP) is 3.67. The van der Waals surface area contributed by atoms with Crippen LogP contribution in [0.2, 0.25) is 0 Å². The number of hydrogen-bond donors (Lipinski definition) is 0. The van der Waals surface area contributed by atoms with Crippen molar-refractivity contribution in [3.05, 3.63) is 29.8 Å². The van der Waals surface area contributed by atoms with Crippen molar-refractivity contribution >= 4 is 0 Å². The van der Waals surface area contributed by atoms with Gasteiger partial charge in [0, 0.05) is 19.1 Å². The highest BCUT2D eigenvalue weighted by molar-refractivity contribution is 5.30. The molecular formula is C16H25NO. The molecule has 0 aromatic heterocycles. The molecule has 2 nitrogen and oxygen atoms in total. The van der Waals surface area contributed by atoms with Crippen molar-refractivity contribution < 1.29 is 4.74 Å². The van der Waals surface area contributed by atoms with Gasteiger partial charge in [0.25, 0.3) is 0 Å². The SMILES string of the molecule is CC(C)c1cccc(OC2CCN(C(C)C)C2)c1. The van der Waals surface area contributed by atoms with Crippen molar-refractivity contribution in [2.24, 2.45) is 0 Å². The molecule has 1 atom stereocenters. The number of benzene rings is 1. The summed E-state index contributed by atoms with van der Waals surface area (Å²) in [5.41, 5.74) is 1.35. The van der Waals surface area contributed by atoms with Crippen LogP contribution in [-0.4, -0.2) is 30.1 Å². The zero-order chi connectivity index (χ0) is 13.1. The van der Waals surface area contributed by atoms with Crippen molar-refractivity contribution in [3.8, 4) is 5.75 Å². The maximum Gasteiger partial charge on any atom is 0.120 e. The highest BCUT2D eigenvalue weighted by Gasteiger charge is 2.25. The van der Waals surface area contributed by atoms with Gasteiger partial charge in [-0.25, -0.2) is 0 Å². The van der Waals surface area contributed by atoms with Crippen LogP contribution in [0.15, 0.2) is 24.3 Å². The Bertz CT molecular complexity index is 386. The number of hydrogen-bond acceptors (Lipinski definition) is 2. The van der Waals surface area contributed by atoms with Gasteiger partial charge in [0.15, 0.2) is 0 Å². The number of nitrogens with zero attached hydrogens (tertiary/aromatic N) is 1. The van der Waals surface area contributed by atoms with Crippen LogP contribution in [0.25, 0.3) is 0 Å². The monoisotopic (exact) mass is 247 g/mol. The summed E-state index contributed by atoms with van der Waals surface area (Å²) in [4.78, 5) is 2.48. The summed E-state index contributed by atoms with van der Waals surface area (Å²) in [5.74, 6) is 1.58. The van der Waals surface area contributed by atoms with E-state index in [-0.39, 0.29) is 0 Å². The van der Waals surface area contributed by atoms with Gasteiger partial charge in [-0.05, 0) is 43.9 Å². The number of likely N-dealkylation sites (tertiary alicyclic amines) is 1.